The van der Waals surface area contributed by atoms with Gasteiger partial charge in [0.1, 0.15) is 12.1 Å². The summed E-state index contributed by atoms with van der Waals surface area (Å²) in [5.41, 5.74) is 0.765. The van der Waals surface area contributed by atoms with Crippen LogP contribution < -0.4 is 5.32 Å². The molecule has 1 aromatic carbocycles. The molecule has 0 bridgehead atoms. The number of hydrogen-bond acceptors (Lipinski definition) is 4. The lowest BCUT2D eigenvalue weighted by atomic mass is 10.2. The van der Waals surface area contributed by atoms with Crippen LogP contribution in [0.2, 0.25) is 5.02 Å². The van der Waals surface area contributed by atoms with Crippen molar-refractivity contribution in [3.63, 3.8) is 0 Å². The third kappa shape index (κ3) is 4.00. The van der Waals surface area contributed by atoms with E-state index in [0.29, 0.717) is 10.8 Å². The van der Waals surface area contributed by atoms with Crippen molar-refractivity contribution < 1.29 is 13.6 Å². The second-order valence-corrected chi connectivity index (χ2v) is 5.01. The maximum absolute atomic E-state index is 11.8. The highest BCUT2D eigenvalue weighted by Gasteiger charge is 2.19. The van der Waals surface area contributed by atoms with Gasteiger partial charge in [-0.05, 0) is 24.6 Å². The fourth-order valence-electron chi connectivity index (χ4n) is 2.01. The molecule has 0 spiro atoms. The summed E-state index contributed by atoms with van der Waals surface area (Å²) >= 11 is 5.92. The van der Waals surface area contributed by atoms with Gasteiger partial charge in [-0.3, -0.25) is 4.79 Å². The highest BCUT2D eigenvalue weighted by Crippen LogP contribution is 2.22. The van der Waals surface area contributed by atoms with Crippen LogP contribution in [0.25, 0.3) is 10.9 Å². The maximum Gasteiger partial charge on any atom is 0.241 e. The number of nitrogens with one attached hydrogen (secondary N) is 1. The van der Waals surface area contributed by atoms with Crippen molar-refractivity contribution in [1.82, 2.24) is 14.9 Å². The van der Waals surface area contributed by atoms with Crippen molar-refractivity contribution in [2.45, 2.75) is 6.42 Å². The third-order valence-electron chi connectivity index (χ3n) is 3.21. The topological polar surface area (TPSA) is 58.1 Å². The van der Waals surface area contributed by atoms with Gasteiger partial charge < -0.3 is 10.2 Å². The van der Waals surface area contributed by atoms with Gasteiger partial charge in [-0.15, -0.1) is 0 Å². The van der Waals surface area contributed by atoms with Gasteiger partial charge >= 0.3 is 0 Å². The van der Waals surface area contributed by atoms with E-state index in [1.807, 2.05) is 11.0 Å². The van der Waals surface area contributed by atoms with Crippen LogP contribution in [0.15, 0.2) is 24.5 Å². The van der Waals surface area contributed by atoms with Crippen molar-refractivity contribution in [3.8, 4) is 0 Å². The summed E-state index contributed by atoms with van der Waals surface area (Å²) in [4.78, 5) is 22.0. The number of anilines is 1. The van der Waals surface area contributed by atoms with Crippen LogP contribution in [0.1, 0.15) is 6.42 Å². The predicted molar refractivity (Wildman–Crippen MR) is 81.3 cm³/mol. The molecule has 1 amide bonds. The first-order chi connectivity index (χ1) is 10.7. The van der Waals surface area contributed by atoms with Gasteiger partial charge in [0.25, 0.3) is 0 Å². The first-order valence-corrected chi connectivity index (χ1v) is 7.07. The van der Waals surface area contributed by atoms with Crippen molar-refractivity contribution in [1.29, 1.82) is 0 Å². The Balaban J connectivity index is 0.000000545. The van der Waals surface area contributed by atoms with Crippen molar-refractivity contribution in [2.75, 3.05) is 31.9 Å². The Morgan fingerprint density at radius 2 is 2.05 bits per heavy atom. The second-order valence-electron chi connectivity index (χ2n) is 4.57. The molecule has 8 heteroatoms. The molecule has 1 saturated heterocycles. The summed E-state index contributed by atoms with van der Waals surface area (Å²) < 4.78 is 19.2. The van der Waals surface area contributed by atoms with E-state index in [-0.39, 0.29) is 12.5 Å². The highest BCUT2D eigenvalue weighted by molar-refractivity contribution is 6.31. The molecule has 0 unspecified atom stereocenters. The van der Waals surface area contributed by atoms with E-state index < -0.39 is 6.93 Å². The SMILES string of the molecule is FCF.O=C(CNc1ncnc2cc(Cl)ccc12)N1CCC1. The molecule has 1 N–H and O–H groups in total. The molecule has 5 nitrogen and oxygen atoms in total. The Morgan fingerprint density at radius 3 is 2.68 bits per heavy atom. The van der Waals surface area contributed by atoms with E-state index >= 15 is 0 Å². The number of likely N-dealkylation sites (tertiary alicyclic amines) is 1. The molecule has 1 fully saturated rings. The minimum Gasteiger partial charge on any atom is -0.360 e. The minimum absolute atomic E-state index is 0.104. The standard InChI is InChI=1S/C13H13ClN4O.CH2F2/c14-9-2-3-10-11(6-9)16-8-17-13(10)15-7-12(19)18-4-1-5-18;2-1-3/h2-3,6,8H,1,4-5,7H2,(H,15,16,17);1H2. The zero-order chi connectivity index (χ0) is 15.9. The number of carbonyl (C=O) groups is 1. The van der Waals surface area contributed by atoms with Gasteiger partial charge in [0.15, 0.2) is 0 Å². The monoisotopic (exact) mass is 328 g/mol. The summed E-state index contributed by atoms with van der Waals surface area (Å²) in [6.45, 7) is 0.232. The minimum atomic E-state index is -1.75. The molecule has 1 aliphatic heterocycles. The summed E-state index contributed by atoms with van der Waals surface area (Å²) in [6, 6.07) is 5.42. The molecule has 2 heterocycles. The lowest BCUT2D eigenvalue weighted by Gasteiger charge is -2.30. The average molecular weight is 329 g/mol. The number of hydrogen-bond donors (Lipinski definition) is 1. The van der Waals surface area contributed by atoms with Gasteiger partial charge in [-0.2, -0.15) is 0 Å². The highest BCUT2D eigenvalue weighted by atomic mass is 35.5. The number of aromatic nitrogens is 2. The van der Waals surface area contributed by atoms with E-state index in [1.54, 1.807) is 12.1 Å². The fraction of sp³-hybridized carbons (Fsp3) is 0.357. The van der Waals surface area contributed by atoms with Gasteiger partial charge in [-0.25, -0.2) is 18.7 Å². The Kier molecular flexibility index (Phi) is 5.83. The Bertz CT molecular complexity index is 652. The summed E-state index contributed by atoms with van der Waals surface area (Å²) in [5.74, 6) is 0.766. The van der Waals surface area contributed by atoms with Crippen molar-refractivity contribution in [3.05, 3.63) is 29.5 Å². The van der Waals surface area contributed by atoms with Crippen molar-refractivity contribution in [2.24, 2.45) is 0 Å². The normalized spacial score (nSPS) is 13.1. The molecule has 0 radical (unpaired) electrons. The molecule has 2 aromatic rings. The molecule has 0 saturated carbocycles. The van der Waals surface area contributed by atoms with Crippen LogP contribution in [0.3, 0.4) is 0 Å². The lowest BCUT2D eigenvalue weighted by Crippen LogP contribution is -2.44. The number of halogens is 3. The zero-order valence-electron chi connectivity index (χ0n) is 11.7. The first-order valence-electron chi connectivity index (χ1n) is 6.69. The van der Waals surface area contributed by atoms with Crippen LogP contribution in [-0.2, 0) is 4.79 Å². The van der Waals surface area contributed by atoms with E-state index in [1.165, 1.54) is 6.33 Å². The number of benzene rings is 1. The van der Waals surface area contributed by atoms with Gasteiger partial charge in [0, 0.05) is 23.5 Å². The molecule has 118 valence electrons. The number of alkyl halides is 2. The predicted octanol–water partition coefficient (Wildman–Crippen LogP) is 2.81. The molecular formula is C14H15ClF2N4O. The number of nitrogens with zero attached hydrogens (tertiary/aromatic N) is 3. The number of carbonyl (C=O) groups excluding carboxylic acids is 1. The van der Waals surface area contributed by atoms with E-state index in [9.17, 15) is 13.6 Å². The summed E-state index contributed by atoms with van der Waals surface area (Å²) in [6.07, 6.45) is 2.57. The third-order valence-corrected chi connectivity index (χ3v) is 3.45. The van der Waals surface area contributed by atoms with Crippen LogP contribution in [0.4, 0.5) is 14.6 Å². The molecule has 22 heavy (non-hydrogen) atoms. The fourth-order valence-corrected chi connectivity index (χ4v) is 2.17. The quantitative estimate of drug-likeness (QED) is 0.941. The molecule has 0 aliphatic carbocycles. The Labute approximate surface area is 131 Å². The maximum atomic E-state index is 11.8. The van der Waals surface area contributed by atoms with E-state index in [2.05, 4.69) is 15.3 Å². The molecule has 1 aliphatic rings. The summed E-state index contributed by atoms with van der Waals surface area (Å²) in [7, 11) is 0. The van der Waals surface area contributed by atoms with E-state index in [0.717, 1.165) is 30.4 Å². The summed E-state index contributed by atoms with van der Waals surface area (Å²) in [5, 5.41) is 4.57. The second kappa shape index (κ2) is 7.84. The van der Waals surface area contributed by atoms with Crippen molar-refractivity contribution >= 4 is 34.2 Å². The lowest BCUT2D eigenvalue weighted by molar-refractivity contribution is -0.132. The van der Waals surface area contributed by atoms with Gasteiger partial charge in [0.2, 0.25) is 12.8 Å². The zero-order valence-corrected chi connectivity index (χ0v) is 12.5. The Morgan fingerprint density at radius 1 is 1.32 bits per heavy atom. The van der Waals surface area contributed by atoms with E-state index in [4.69, 9.17) is 11.6 Å². The molecular weight excluding hydrogens is 314 g/mol. The average Bonchev–Trinajstić information content (AvgIpc) is 2.43. The first kappa shape index (κ1) is 16.4. The van der Waals surface area contributed by atoms with Crippen LogP contribution >= 0.6 is 11.6 Å². The molecule has 1 aromatic heterocycles. The van der Waals surface area contributed by atoms with Crippen LogP contribution in [0, 0.1) is 0 Å². The number of amides is 1. The molecule has 0 atom stereocenters. The van der Waals surface area contributed by atoms with Crippen LogP contribution in [-0.4, -0.2) is 47.3 Å². The number of fused-ring (bicyclic) bond motifs is 1. The smallest absolute Gasteiger partial charge is 0.241 e. The largest absolute Gasteiger partial charge is 0.360 e. The molecule has 3 rings (SSSR count). The Hall–Kier alpha value is -2.02. The van der Waals surface area contributed by atoms with Gasteiger partial charge in [-0.1, -0.05) is 11.6 Å². The van der Waals surface area contributed by atoms with Crippen LogP contribution in [0.5, 0.6) is 0 Å². The number of rotatable bonds is 3. The van der Waals surface area contributed by atoms with Gasteiger partial charge in [0.05, 0.1) is 12.1 Å².